The summed E-state index contributed by atoms with van der Waals surface area (Å²) in [5.74, 6) is -0.508. The van der Waals surface area contributed by atoms with Crippen LogP contribution in [0.3, 0.4) is 0 Å². The molecule has 0 aliphatic carbocycles. The molecule has 20 heavy (non-hydrogen) atoms. The van der Waals surface area contributed by atoms with Crippen molar-refractivity contribution in [3.05, 3.63) is 29.3 Å². The van der Waals surface area contributed by atoms with Gasteiger partial charge in [-0.1, -0.05) is 0 Å². The number of amides is 1. The lowest BCUT2D eigenvalue weighted by atomic mass is 10.2. The summed E-state index contributed by atoms with van der Waals surface area (Å²) >= 11 is 1.35. The van der Waals surface area contributed by atoms with Crippen molar-refractivity contribution in [1.82, 2.24) is 15.0 Å². The van der Waals surface area contributed by atoms with Crippen LogP contribution >= 0.6 is 11.3 Å². The monoisotopic (exact) mass is 294 g/mol. The molecular formula is C12H14N4O3S. The third kappa shape index (κ3) is 3.89. The summed E-state index contributed by atoms with van der Waals surface area (Å²) in [5, 5.41) is 5.07. The summed E-state index contributed by atoms with van der Waals surface area (Å²) in [7, 11) is 1.37. The highest BCUT2D eigenvalue weighted by Crippen LogP contribution is 2.17. The minimum Gasteiger partial charge on any atom is -0.469 e. The zero-order valence-corrected chi connectivity index (χ0v) is 11.7. The van der Waals surface area contributed by atoms with Gasteiger partial charge in [0, 0.05) is 11.8 Å². The molecule has 0 saturated heterocycles. The summed E-state index contributed by atoms with van der Waals surface area (Å²) in [5.41, 5.74) is 1.23. The fraction of sp³-hybridized carbons (Fsp3) is 0.333. The molecule has 2 heterocycles. The Bertz CT molecular complexity index is 579. The number of H-pyrrole nitrogens is 1. The van der Waals surface area contributed by atoms with E-state index < -0.39 is 0 Å². The Labute approximate surface area is 119 Å². The van der Waals surface area contributed by atoms with Crippen molar-refractivity contribution in [2.24, 2.45) is 0 Å². The molecule has 1 amide bonds. The zero-order valence-electron chi connectivity index (χ0n) is 10.9. The number of nitrogens with one attached hydrogen (secondary N) is 2. The number of ether oxygens (including phenoxy) is 1. The molecule has 0 aromatic carbocycles. The van der Waals surface area contributed by atoms with Gasteiger partial charge >= 0.3 is 5.97 Å². The molecule has 8 heteroatoms. The minimum absolute atomic E-state index is 0.229. The first-order valence-electron chi connectivity index (χ1n) is 6.00. The highest BCUT2D eigenvalue weighted by atomic mass is 32.1. The first-order valence-corrected chi connectivity index (χ1v) is 6.88. The van der Waals surface area contributed by atoms with Crippen molar-refractivity contribution in [2.45, 2.75) is 19.3 Å². The maximum absolute atomic E-state index is 11.7. The second kappa shape index (κ2) is 6.80. The third-order valence-corrected chi connectivity index (χ3v) is 3.36. The number of aromatic amines is 1. The van der Waals surface area contributed by atoms with Crippen LogP contribution in [0.2, 0.25) is 0 Å². The van der Waals surface area contributed by atoms with Crippen LogP contribution in [0.5, 0.6) is 0 Å². The lowest BCUT2D eigenvalue weighted by Gasteiger charge is -1.98. The standard InChI is InChI=1S/C12H14N4O3S/c1-19-10(17)4-2-3-8-6-20-12(15-8)16-11(18)9-5-13-7-14-9/h5-7H,2-4H2,1H3,(H,13,14)(H,15,16,18). The van der Waals surface area contributed by atoms with Crippen LogP contribution in [-0.2, 0) is 16.0 Å². The van der Waals surface area contributed by atoms with Crippen LogP contribution in [0.1, 0.15) is 29.0 Å². The number of aryl methyl sites for hydroxylation is 1. The van der Waals surface area contributed by atoms with E-state index in [1.54, 1.807) is 0 Å². The Morgan fingerprint density at radius 1 is 1.50 bits per heavy atom. The molecule has 0 aliphatic heterocycles. The molecule has 0 bridgehead atoms. The van der Waals surface area contributed by atoms with Gasteiger partial charge in [0.15, 0.2) is 5.13 Å². The molecule has 106 valence electrons. The van der Waals surface area contributed by atoms with Crippen molar-refractivity contribution in [3.8, 4) is 0 Å². The fourth-order valence-electron chi connectivity index (χ4n) is 1.54. The maximum atomic E-state index is 11.7. The van der Waals surface area contributed by atoms with Crippen molar-refractivity contribution < 1.29 is 14.3 Å². The average molecular weight is 294 g/mol. The van der Waals surface area contributed by atoms with Gasteiger partial charge in [0.2, 0.25) is 0 Å². The molecule has 2 N–H and O–H groups in total. The second-order valence-electron chi connectivity index (χ2n) is 3.99. The van der Waals surface area contributed by atoms with Gasteiger partial charge < -0.3 is 9.72 Å². The van der Waals surface area contributed by atoms with Gasteiger partial charge in [0.1, 0.15) is 5.69 Å². The zero-order chi connectivity index (χ0) is 14.4. The van der Waals surface area contributed by atoms with E-state index >= 15 is 0 Å². The van der Waals surface area contributed by atoms with E-state index in [1.807, 2.05) is 5.38 Å². The molecule has 0 unspecified atom stereocenters. The van der Waals surface area contributed by atoms with E-state index in [0.29, 0.717) is 30.1 Å². The van der Waals surface area contributed by atoms with E-state index in [-0.39, 0.29) is 11.9 Å². The lowest BCUT2D eigenvalue weighted by Crippen LogP contribution is -2.12. The van der Waals surface area contributed by atoms with Gasteiger partial charge in [-0.15, -0.1) is 11.3 Å². The number of hydrogen-bond donors (Lipinski definition) is 2. The molecular weight excluding hydrogens is 280 g/mol. The molecule has 7 nitrogen and oxygen atoms in total. The van der Waals surface area contributed by atoms with Crippen molar-refractivity contribution in [2.75, 3.05) is 12.4 Å². The number of hydrogen-bond acceptors (Lipinski definition) is 6. The highest BCUT2D eigenvalue weighted by Gasteiger charge is 2.10. The first kappa shape index (κ1) is 14.2. The summed E-state index contributed by atoms with van der Waals surface area (Å²) < 4.78 is 4.56. The molecule has 2 rings (SSSR count). The van der Waals surface area contributed by atoms with Crippen LogP contribution in [0.4, 0.5) is 5.13 Å². The van der Waals surface area contributed by atoms with E-state index in [2.05, 4.69) is 25.0 Å². The van der Waals surface area contributed by atoms with E-state index in [0.717, 1.165) is 5.69 Å². The van der Waals surface area contributed by atoms with Gasteiger partial charge in [0.25, 0.3) is 5.91 Å². The van der Waals surface area contributed by atoms with E-state index in [4.69, 9.17) is 0 Å². The number of carbonyl (C=O) groups is 2. The normalized spacial score (nSPS) is 10.2. The summed E-state index contributed by atoms with van der Waals surface area (Å²) in [6.45, 7) is 0. The van der Waals surface area contributed by atoms with Crippen LogP contribution < -0.4 is 5.32 Å². The van der Waals surface area contributed by atoms with Crippen molar-refractivity contribution >= 4 is 28.3 Å². The molecule has 2 aromatic heterocycles. The van der Waals surface area contributed by atoms with Gasteiger partial charge in [-0.3, -0.25) is 14.9 Å². The molecule has 2 aromatic rings. The van der Waals surface area contributed by atoms with Crippen LogP contribution in [0.15, 0.2) is 17.9 Å². The number of esters is 1. The average Bonchev–Trinajstić information content (AvgIpc) is 3.10. The third-order valence-electron chi connectivity index (χ3n) is 2.56. The number of methoxy groups -OCH3 is 1. The topological polar surface area (TPSA) is 97.0 Å². The number of rotatable bonds is 6. The minimum atomic E-state index is -0.280. The number of carbonyl (C=O) groups excluding carboxylic acids is 2. The van der Waals surface area contributed by atoms with Crippen LogP contribution in [0.25, 0.3) is 0 Å². The second-order valence-corrected chi connectivity index (χ2v) is 4.85. The van der Waals surface area contributed by atoms with Crippen LogP contribution in [0, 0.1) is 0 Å². The van der Waals surface area contributed by atoms with E-state index in [1.165, 1.54) is 31.0 Å². The summed E-state index contributed by atoms with van der Waals surface area (Å²) in [4.78, 5) is 33.5. The largest absolute Gasteiger partial charge is 0.469 e. The van der Waals surface area contributed by atoms with Gasteiger partial charge in [0.05, 0.1) is 25.3 Å². The number of aromatic nitrogens is 3. The molecule has 0 saturated carbocycles. The van der Waals surface area contributed by atoms with Gasteiger partial charge in [-0.2, -0.15) is 0 Å². The van der Waals surface area contributed by atoms with Crippen molar-refractivity contribution in [1.29, 1.82) is 0 Å². The van der Waals surface area contributed by atoms with Crippen molar-refractivity contribution in [3.63, 3.8) is 0 Å². The quantitative estimate of drug-likeness (QED) is 0.789. The molecule has 0 atom stereocenters. The Hall–Kier alpha value is -2.22. The maximum Gasteiger partial charge on any atom is 0.305 e. The first-order chi connectivity index (χ1) is 9.69. The molecule has 0 aliphatic rings. The Morgan fingerprint density at radius 3 is 3.05 bits per heavy atom. The summed E-state index contributed by atoms with van der Waals surface area (Å²) in [6.07, 6.45) is 4.59. The highest BCUT2D eigenvalue weighted by molar-refractivity contribution is 7.13. The van der Waals surface area contributed by atoms with Crippen LogP contribution in [-0.4, -0.2) is 33.9 Å². The fourth-order valence-corrected chi connectivity index (χ4v) is 2.28. The molecule has 0 fully saturated rings. The predicted octanol–water partition coefficient (Wildman–Crippen LogP) is 1.61. The smallest absolute Gasteiger partial charge is 0.305 e. The number of nitrogens with zero attached hydrogens (tertiary/aromatic N) is 2. The Kier molecular flexibility index (Phi) is 4.83. The van der Waals surface area contributed by atoms with E-state index in [9.17, 15) is 9.59 Å². The number of imidazole rings is 1. The molecule has 0 spiro atoms. The lowest BCUT2D eigenvalue weighted by molar-refractivity contribution is -0.140. The number of thiazole rings is 1. The predicted molar refractivity (Wildman–Crippen MR) is 73.6 cm³/mol. The number of anilines is 1. The van der Waals surface area contributed by atoms with Gasteiger partial charge in [-0.25, -0.2) is 9.97 Å². The van der Waals surface area contributed by atoms with Gasteiger partial charge in [-0.05, 0) is 12.8 Å². The summed E-state index contributed by atoms with van der Waals surface area (Å²) in [6, 6.07) is 0. The Morgan fingerprint density at radius 2 is 2.35 bits per heavy atom. The molecule has 0 radical (unpaired) electrons. The SMILES string of the molecule is COC(=O)CCCc1csc(NC(=O)c2cnc[nH]2)n1. The Balaban J connectivity index is 1.83.